The Hall–Kier alpha value is -1.51. The molecule has 3 rings (SSSR count). The van der Waals surface area contributed by atoms with Gasteiger partial charge in [0.2, 0.25) is 0 Å². The van der Waals surface area contributed by atoms with Crippen molar-refractivity contribution in [1.82, 2.24) is 0 Å². The summed E-state index contributed by atoms with van der Waals surface area (Å²) in [6.45, 7) is 1.67. The first-order valence-corrected chi connectivity index (χ1v) is 7.01. The first kappa shape index (κ1) is 12.5. The summed E-state index contributed by atoms with van der Waals surface area (Å²) in [6.07, 6.45) is 1.97. The molecule has 2 nitrogen and oxygen atoms in total. The zero-order valence-electron chi connectivity index (χ0n) is 10.8. The Kier molecular flexibility index (Phi) is 3.45. The first-order chi connectivity index (χ1) is 9.29. The van der Waals surface area contributed by atoms with Crippen molar-refractivity contribution in [2.75, 3.05) is 18.0 Å². The molecule has 98 valence electrons. The van der Waals surface area contributed by atoms with Gasteiger partial charge in [-0.3, -0.25) is 0 Å². The Bertz CT molecular complexity index is 595. The van der Waals surface area contributed by atoms with Crippen LogP contribution in [0, 0.1) is 0 Å². The van der Waals surface area contributed by atoms with Crippen LogP contribution in [-0.4, -0.2) is 13.1 Å². The van der Waals surface area contributed by atoms with Crippen molar-refractivity contribution >= 4 is 23.0 Å². The Balaban J connectivity index is 2.05. The lowest BCUT2D eigenvalue weighted by Gasteiger charge is -2.23. The second-order valence-corrected chi connectivity index (χ2v) is 5.28. The van der Waals surface area contributed by atoms with Crippen molar-refractivity contribution in [3.63, 3.8) is 0 Å². The van der Waals surface area contributed by atoms with Crippen LogP contribution in [0.3, 0.4) is 0 Å². The smallest absolute Gasteiger partial charge is 0.0458 e. The van der Waals surface area contributed by atoms with E-state index in [0.29, 0.717) is 6.54 Å². The molecule has 1 aliphatic rings. The molecule has 0 amide bonds. The van der Waals surface area contributed by atoms with Gasteiger partial charge >= 0.3 is 0 Å². The van der Waals surface area contributed by atoms with Crippen LogP contribution in [0.15, 0.2) is 42.5 Å². The van der Waals surface area contributed by atoms with Gasteiger partial charge in [0.1, 0.15) is 0 Å². The third-order valence-corrected chi connectivity index (χ3v) is 3.87. The number of hydrogen-bond donors (Lipinski definition) is 1. The van der Waals surface area contributed by atoms with Gasteiger partial charge in [-0.05, 0) is 48.7 Å². The highest BCUT2D eigenvalue weighted by Gasteiger charge is 2.21. The van der Waals surface area contributed by atoms with E-state index in [1.54, 1.807) is 0 Å². The van der Waals surface area contributed by atoms with Gasteiger partial charge in [0, 0.05) is 22.9 Å². The van der Waals surface area contributed by atoms with Gasteiger partial charge in [-0.2, -0.15) is 0 Å². The third kappa shape index (κ3) is 2.34. The second kappa shape index (κ2) is 5.24. The van der Waals surface area contributed by atoms with Crippen LogP contribution in [0.25, 0.3) is 0 Å². The molecule has 19 heavy (non-hydrogen) atoms. The molecular formula is C16H17ClN2. The maximum atomic E-state index is 6.16. The van der Waals surface area contributed by atoms with Crippen molar-refractivity contribution in [3.8, 4) is 0 Å². The zero-order chi connectivity index (χ0) is 13.2. The van der Waals surface area contributed by atoms with E-state index in [-0.39, 0.29) is 0 Å². The summed E-state index contributed by atoms with van der Waals surface area (Å²) in [7, 11) is 0. The summed E-state index contributed by atoms with van der Waals surface area (Å²) in [4.78, 5) is 2.35. The van der Waals surface area contributed by atoms with Crippen LogP contribution in [0.5, 0.6) is 0 Å². The van der Waals surface area contributed by atoms with Crippen molar-refractivity contribution in [3.05, 3.63) is 58.6 Å². The number of nitrogens with two attached hydrogens (primary N) is 1. The molecule has 0 saturated heterocycles. The highest BCUT2D eigenvalue weighted by atomic mass is 35.5. The number of rotatable bonds is 3. The van der Waals surface area contributed by atoms with Gasteiger partial charge in [0.25, 0.3) is 0 Å². The summed E-state index contributed by atoms with van der Waals surface area (Å²) < 4.78 is 0. The van der Waals surface area contributed by atoms with Crippen LogP contribution < -0.4 is 10.6 Å². The normalized spacial score (nSPS) is 13.7. The standard InChI is InChI=1S/C16H17ClN2/c17-14-6-5-13(7-9-18)16(11-14)19-10-8-12-3-1-2-4-15(12)19/h1-6,11H,7-10,18H2. The van der Waals surface area contributed by atoms with Crippen molar-refractivity contribution in [2.24, 2.45) is 5.73 Å². The van der Waals surface area contributed by atoms with E-state index in [1.807, 2.05) is 6.07 Å². The average Bonchev–Trinajstić information content (AvgIpc) is 2.85. The summed E-state index contributed by atoms with van der Waals surface area (Å²) >= 11 is 6.16. The number of benzene rings is 2. The fraction of sp³-hybridized carbons (Fsp3) is 0.250. The fourth-order valence-electron chi connectivity index (χ4n) is 2.74. The van der Waals surface area contributed by atoms with Gasteiger partial charge in [-0.1, -0.05) is 35.9 Å². The van der Waals surface area contributed by atoms with Crippen molar-refractivity contribution in [1.29, 1.82) is 0 Å². The summed E-state index contributed by atoms with van der Waals surface area (Å²) in [5.74, 6) is 0. The van der Waals surface area contributed by atoms with E-state index >= 15 is 0 Å². The molecule has 0 atom stereocenters. The molecule has 0 aromatic heterocycles. The van der Waals surface area contributed by atoms with Crippen LogP contribution in [0.4, 0.5) is 11.4 Å². The molecule has 0 unspecified atom stereocenters. The molecule has 0 aliphatic carbocycles. The highest BCUT2D eigenvalue weighted by molar-refractivity contribution is 6.30. The molecule has 2 N–H and O–H groups in total. The number of nitrogens with zero attached hydrogens (tertiary/aromatic N) is 1. The Morgan fingerprint density at radius 2 is 1.95 bits per heavy atom. The highest BCUT2D eigenvalue weighted by Crippen LogP contribution is 2.37. The maximum absolute atomic E-state index is 6.16. The quantitative estimate of drug-likeness (QED) is 0.926. The average molecular weight is 273 g/mol. The van der Waals surface area contributed by atoms with Crippen LogP contribution in [0.1, 0.15) is 11.1 Å². The largest absolute Gasteiger partial charge is 0.341 e. The minimum Gasteiger partial charge on any atom is -0.341 e. The van der Waals surface area contributed by atoms with E-state index in [4.69, 9.17) is 17.3 Å². The van der Waals surface area contributed by atoms with Crippen molar-refractivity contribution < 1.29 is 0 Å². The SMILES string of the molecule is NCCc1ccc(Cl)cc1N1CCc2ccccc21. The fourth-order valence-corrected chi connectivity index (χ4v) is 2.91. The Morgan fingerprint density at radius 3 is 2.79 bits per heavy atom. The van der Waals surface area contributed by atoms with Crippen LogP contribution in [0.2, 0.25) is 5.02 Å². The lowest BCUT2D eigenvalue weighted by molar-refractivity contribution is 0.939. The third-order valence-electron chi connectivity index (χ3n) is 3.64. The van der Waals surface area contributed by atoms with E-state index in [9.17, 15) is 0 Å². The lowest BCUT2D eigenvalue weighted by atomic mass is 10.1. The van der Waals surface area contributed by atoms with E-state index in [1.165, 1.54) is 22.5 Å². The molecular weight excluding hydrogens is 256 g/mol. The van der Waals surface area contributed by atoms with Crippen molar-refractivity contribution in [2.45, 2.75) is 12.8 Å². The zero-order valence-corrected chi connectivity index (χ0v) is 11.5. The summed E-state index contributed by atoms with van der Waals surface area (Å²) in [5.41, 5.74) is 10.9. The topological polar surface area (TPSA) is 29.3 Å². The van der Waals surface area contributed by atoms with Gasteiger partial charge < -0.3 is 10.6 Å². The molecule has 0 fully saturated rings. The summed E-state index contributed by atoms with van der Waals surface area (Å²) in [5, 5.41) is 0.778. The molecule has 3 heteroatoms. The van der Waals surface area contributed by atoms with E-state index in [0.717, 1.165) is 24.4 Å². The number of para-hydroxylation sites is 1. The minimum atomic E-state index is 0.657. The number of hydrogen-bond acceptors (Lipinski definition) is 2. The monoisotopic (exact) mass is 272 g/mol. The summed E-state index contributed by atoms with van der Waals surface area (Å²) in [6, 6.07) is 14.6. The second-order valence-electron chi connectivity index (χ2n) is 4.84. The van der Waals surface area contributed by atoms with E-state index in [2.05, 4.69) is 41.3 Å². The van der Waals surface area contributed by atoms with Gasteiger partial charge in [-0.15, -0.1) is 0 Å². The Morgan fingerprint density at radius 1 is 1.11 bits per heavy atom. The first-order valence-electron chi connectivity index (χ1n) is 6.63. The van der Waals surface area contributed by atoms with Crippen LogP contribution >= 0.6 is 11.6 Å². The molecule has 2 aromatic carbocycles. The number of halogens is 1. The van der Waals surface area contributed by atoms with Gasteiger partial charge in [0.05, 0.1) is 0 Å². The molecule has 0 saturated carbocycles. The lowest BCUT2D eigenvalue weighted by Crippen LogP contribution is -2.16. The molecule has 0 bridgehead atoms. The molecule has 0 radical (unpaired) electrons. The minimum absolute atomic E-state index is 0.657. The molecule has 1 heterocycles. The predicted octanol–water partition coefficient (Wildman–Crippen LogP) is 3.54. The maximum Gasteiger partial charge on any atom is 0.0458 e. The van der Waals surface area contributed by atoms with Crippen LogP contribution in [-0.2, 0) is 12.8 Å². The molecule has 1 aliphatic heterocycles. The number of fused-ring (bicyclic) bond motifs is 1. The molecule has 0 spiro atoms. The Labute approximate surface area is 118 Å². The van der Waals surface area contributed by atoms with E-state index < -0.39 is 0 Å². The number of anilines is 2. The van der Waals surface area contributed by atoms with Gasteiger partial charge in [-0.25, -0.2) is 0 Å². The molecule has 2 aromatic rings. The van der Waals surface area contributed by atoms with Gasteiger partial charge in [0.15, 0.2) is 0 Å². The predicted molar refractivity (Wildman–Crippen MR) is 81.4 cm³/mol.